The van der Waals surface area contributed by atoms with Gasteiger partial charge in [0.1, 0.15) is 11.6 Å². The number of rotatable bonds is 4. The highest BCUT2D eigenvalue weighted by atomic mass is 19.1. The Labute approximate surface area is 115 Å². The fraction of sp³-hybridized carbons (Fsp3) is 0.429. The van der Waals surface area contributed by atoms with E-state index in [0.29, 0.717) is 30.1 Å². The summed E-state index contributed by atoms with van der Waals surface area (Å²) in [5, 5.41) is 3.88. The topological polar surface area (TPSA) is 64.9 Å². The van der Waals surface area contributed by atoms with Gasteiger partial charge in [-0.15, -0.1) is 0 Å². The molecule has 3 rings (SSSR count). The molecule has 0 aliphatic heterocycles. The van der Waals surface area contributed by atoms with Crippen molar-refractivity contribution in [1.82, 2.24) is 10.1 Å². The Morgan fingerprint density at radius 2 is 2.05 bits per heavy atom. The maximum atomic E-state index is 13.5. The molecule has 1 aliphatic rings. The molecule has 1 saturated carbocycles. The number of hydrogen-bond acceptors (Lipinski definition) is 4. The van der Waals surface area contributed by atoms with Crippen LogP contribution >= 0.6 is 0 Å². The molecular formula is C14H15F2N3O. The second-order valence-corrected chi connectivity index (χ2v) is 5.26. The number of aromatic nitrogens is 2. The number of benzene rings is 1. The van der Waals surface area contributed by atoms with Crippen LogP contribution in [0.4, 0.5) is 8.78 Å². The first-order valence-corrected chi connectivity index (χ1v) is 6.63. The lowest BCUT2D eigenvalue weighted by molar-refractivity contribution is 0.229. The van der Waals surface area contributed by atoms with Crippen LogP contribution in [0.2, 0.25) is 0 Å². The molecule has 0 amide bonds. The summed E-state index contributed by atoms with van der Waals surface area (Å²) in [5.74, 6) is 0.0299. The molecule has 6 heteroatoms. The van der Waals surface area contributed by atoms with E-state index < -0.39 is 17.2 Å². The summed E-state index contributed by atoms with van der Waals surface area (Å²) < 4.78 is 31.7. The summed E-state index contributed by atoms with van der Waals surface area (Å²) in [6, 6.07) is 3.40. The van der Waals surface area contributed by atoms with E-state index in [-0.39, 0.29) is 0 Å². The lowest BCUT2D eigenvalue weighted by Crippen LogP contribution is -2.44. The molecule has 0 unspecified atom stereocenters. The minimum absolute atomic E-state index is 0.302. The molecule has 2 N–H and O–H groups in total. The highest BCUT2D eigenvalue weighted by Crippen LogP contribution is 2.36. The van der Waals surface area contributed by atoms with Crippen molar-refractivity contribution >= 4 is 0 Å². The fourth-order valence-corrected chi connectivity index (χ4v) is 2.32. The van der Waals surface area contributed by atoms with Crippen molar-refractivity contribution in [3.63, 3.8) is 0 Å². The van der Waals surface area contributed by atoms with Gasteiger partial charge in [-0.05, 0) is 49.4 Å². The Morgan fingerprint density at radius 3 is 2.75 bits per heavy atom. The molecule has 1 aromatic heterocycles. The summed E-state index contributed by atoms with van der Waals surface area (Å²) in [7, 11) is 0. The van der Waals surface area contributed by atoms with E-state index in [1.807, 2.05) is 0 Å². The number of halogens is 2. The van der Waals surface area contributed by atoms with E-state index in [1.54, 1.807) is 0 Å². The molecule has 0 bridgehead atoms. The highest BCUT2D eigenvalue weighted by Gasteiger charge is 2.38. The zero-order valence-corrected chi connectivity index (χ0v) is 10.9. The van der Waals surface area contributed by atoms with Crippen molar-refractivity contribution in [1.29, 1.82) is 0 Å². The van der Waals surface area contributed by atoms with E-state index in [0.717, 1.165) is 31.4 Å². The number of nitrogens with two attached hydrogens (primary N) is 1. The van der Waals surface area contributed by atoms with E-state index in [9.17, 15) is 8.78 Å². The van der Waals surface area contributed by atoms with E-state index in [4.69, 9.17) is 10.3 Å². The fourth-order valence-electron chi connectivity index (χ4n) is 2.32. The van der Waals surface area contributed by atoms with Crippen LogP contribution in [0.1, 0.15) is 36.5 Å². The Bertz CT molecular complexity index is 623. The smallest absolute Gasteiger partial charge is 0.227 e. The molecular weight excluding hydrogens is 264 g/mol. The van der Waals surface area contributed by atoms with Gasteiger partial charge in [-0.25, -0.2) is 8.78 Å². The SMILES string of the molecule is NC1(c2noc(CCc3cc(F)ccc3F)n2)CCC1. The second-order valence-electron chi connectivity index (χ2n) is 5.26. The minimum Gasteiger partial charge on any atom is -0.339 e. The third-order valence-electron chi connectivity index (χ3n) is 3.78. The predicted octanol–water partition coefficient (Wildman–Crippen LogP) is 2.47. The number of aryl methyl sites for hydroxylation is 2. The standard InChI is InChI=1S/C14H15F2N3O/c15-10-3-4-11(16)9(8-10)2-5-12-18-13(19-20-12)14(17)6-1-7-14/h3-4,8H,1-2,5-7,17H2. The van der Waals surface area contributed by atoms with Crippen molar-refractivity contribution in [2.45, 2.75) is 37.6 Å². The summed E-state index contributed by atoms with van der Waals surface area (Å²) in [6.45, 7) is 0. The first-order valence-electron chi connectivity index (χ1n) is 6.63. The molecule has 106 valence electrons. The number of hydrogen-bond donors (Lipinski definition) is 1. The van der Waals surface area contributed by atoms with Gasteiger partial charge >= 0.3 is 0 Å². The first kappa shape index (κ1) is 13.2. The van der Waals surface area contributed by atoms with Gasteiger partial charge < -0.3 is 10.3 Å². The normalized spacial score (nSPS) is 16.9. The summed E-state index contributed by atoms with van der Waals surface area (Å²) >= 11 is 0. The van der Waals surface area contributed by atoms with Crippen molar-refractivity contribution < 1.29 is 13.3 Å². The predicted molar refractivity (Wildman–Crippen MR) is 67.8 cm³/mol. The molecule has 1 fully saturated rings. The maximum Gasteiger partial charge on any atom is 0.227 e. The lowest BCUT2D eigenvalue weighted by atomic mass is 9.77. The van der Waals surface area contributed by atoms with Crippen LogP contribution in [0, 0.1) is 11.6 Å². The van der Waals surface area contributed by atoms with Gasteiger partial charge in [0, 0.05) is 6.42 Å². The van der Waals surface area contributed by atoms with Gasteiger partial charge in [-0.2, -0.15) is 4.98 Å². The van der Waals surface area contributed by atoms with Crippen LogP contribution in [0.3, 0.4) is 0 Å². The molecule has 20 heavy (non-hydrogen) atoms. The average Bonchev–Trinajstić information content (AvgIpc) is 2.86. The minimum atomic E-state index is -0.466. The molecule has 0 radical (unpaired) electrons. The van der Waals surface area contributed by atoms with Crippen LogP contribution in [0.5, 0.6) is 0 Å². The molecule has 1 aromatic carbocycles. The maximum absolute atomic E-state index is 13.5. The quantitative estimate of drug-likeness (QED) is 0.933. The van der Waals surface area contributed by atoms with Crippen molar-refractivity contribution in [2.75, 3.05) is 0 Å². The van der Waals surface area contributed by atoms with Gasteiger partial charge in [0.25, 0.3) is 0 Å². The second kappa shape index (κ2) is 4.94. The Morgan fingerprint density at radius 1 is 1.25 bits per heavy atom. The van der Waals surface area contributed by atoms with Gasteiger partial charge in [-0.3, -0.25) is 0 Å². The van der Waals surface area contributed by atoms with Crippen LogP contribution in [0.25, 0.3) is 0 Å². The van der Waals surface area contributed by atoms with Gasteiger partial charge in [0.05, 0.1) is 5.54 Å². The molecule has 2 aromatic rings. The molecule has 1 aliphatic carbocycles. The Balaban J connectivity index is 1.68. The molecule has 1 heterocycles. The van der Waals surface area contributed by atoms with Crippen molar-refractivity contribution in [3.8, 4) is 0 Å². The molecule has 0 spiro atoms. The van der Waals surface area contributed by atoms with E-state index >= 15 is 0 Å². The zero-order chi connectivity index (χ0) is 14.2. The Hall–Kier alpha value is -1.82. The molecule has 4 nitrogen and oxygen atoms in total. The Kier molecular flexibility index (Phi) is 3.25. The van der Waals surface area contributed by atoms with E-state index in [1.165, 1.54) is 6.07 Å². The van der Waals surface area contributed by atoms with Crippen molar-refractivity contribution in [3.05, 3.63) is 47.1 Å². The van der Waals surface area contributed by atoms with Gasteiger partial charge in [-0.1, -0.05) is 5.16 Å². The zero-order valence-electron chi connectivity index (χ0n) is 10.9. The molecule has 0 atom stereocenters. The highest BCUT2D eigenvalue weighted by molar-refractivity contribution is 5.19. The van der Waals surface area contributed by atoms with Gasteiger partial charge in [0.15, 0.2) is 5.82 Å². The third kappa shape index (κ3) is 2.43. The summed E-state index contributed by atoms with van der Waals surface area (Å²) in [6.07, 6.45) is 3.44. The number of nitrogens with zero attached hydrogens (tertiary/aromatic N) is 2. The first-order chi connectivity index (χ1) is 9.57. The van der Waals surface area contributed by atoms with Crippen LogP contribution in [-0.2, 0) is 18.4 Å². The monoisotopic (exact) mass is 279 g/mol. The molecule has 0 saturated heterocycles. The van der Waals surface area contributed by atoms with Crippen LogP contribution in [-0.4, -0.2) is 10.1 Å². The third-order valence-corrected chi connectivity index (χ3v) is 3.78. The van der Waals surface area contributed by atoms with Crippen molar-refractivity contribution in [2.24, 2.45) is 5.73 Å². The van der Waals surface area contributed by atoms with Crippen LogP contribution in [0.15, 0.2) is 22.7 Å². The van der Waals surface area contributed by atoms with Crippen LogP contribution < -0.4 is 5.73 Å². The van der Waals surface area contributed by atoms with E-state index in [2.05, 4.69) is 10.1 Å². The largest absolute Gasteiger partial charge is 0.339 e. The lowest BCUT2D eigenvalue weighted by Gasteiger charge is -2.34. The summed E-state index contributed by atoms with van der Waals surface area (Å²) in [5.41, 5.74) is 5.93. The summed E-state index contributed by atoms with van der Waals surface area (Å²) in [4.78, 5) is 4.25. The van der Waals surface area contributed by atoms with Gasteiger partial charge in [0.2, 0.25) is 5.89 Å². The average molecular weight is 279 g/mol.